The van der Waals surface area contributed by atoms with Gasteiger partial charge in [-0.2, -0.15) is 4.31 Å². The lowest BCUT2D eigenvalue weighted by Crippen LogP contribution is -2.32. The molecule has 0 bridgehead atoms. The van der Waals surface area contributed by atoms with E-state index in [0.29, 0.717) is 25.5 Å². The van der Waals surface area contributed by atoms with Gasteiger partial charge in [-0.15, -0.1) is 11.3 Å². The van der Waals surface area contributed by atoms with Crippen LogP contribution < -0.4 is 0 Å². The Morgan fingerprint density at radius 2 is 2.05 bits per heavy atom. The van der Waals surface area contributed by atoms with Gasteiger partial charge in [-0.3, -0.25) is 0 Å². The van der Waals surface area contributed by atoms with Gasteiger partial charge in [-0.05, 0) is 40.8 Å². The summed E-state index contributed by atoms with van der Waals surface area (Å²) in [5.74, 6) is 0.493. The highest BCUT2D eigenvalue weighted by atomic mass is 79.9. The van der Waals surface area contributed by atoms with Gasteiger partial charge in [0.05, 0.1) is 8.81 Å². The van der Waals surface area contributed by atoms with E-state index in [1.54, 1.807) is 7.05 Å². The Hall–Kier alpha value is 0.380. The molecule has 1 aliphatic rings. The molecule has 1 fully saturated rings. The topological polar surface area (TPSA) is 37.4 Å². The number of nitrogens with zero attached hydrogens (tertiary/aromatic N) is 1. The average Bonchev–Trinajstić information content (AvgIpc) is 2.71. The van der Waals surface area contributed by atoms with Crippen molar-refractivity contribution >= 4 is 48.9 Å². The van der Waals surface area contributed by atoms with E-state index in [-0.39, 0.29) is 0 Å². The maximum Gasteiger partial charge on any atom is 0.252 e. The standard InChI is InChI=1S/C12H17BrClNO2S2/c1-15(8-9-5-3-2-4-6-9)19(16,17)11-7-10(14)12(13)18-11/h7,9H,2-6,8H2,1H3. The molecule has 19 heavy (non-hydrogen) atoms. The summed E-state index contributed by atoms with van der Waals surface area (Å²) in [5.41, 5.74) is 0. The second-order valence-corrected chi connectivity index (χ2v) is 10.0. The van der Waals surface area contributed by atoms with Crippen molar-refractivity contribution in [3.8, 4) is 0 Å². The van der Waals surface area contributed by atoms with Crippen LogP contribution in [0.5, 0.6) is 0 Å². The first-order valence-electron chi connectivity index (χ1n) is 6.32. The number of hydrogen-bond donors (Lipinski definition) is 0. The van der Waals surface area contributed by atoms with Crippen molar-refractivity contribution in [1.82, 2.24) is 4.31 Å². The molecule has 0 spiro atoms. The van der Waals surface area contributed by atoms with E-state index in [4.69, 9.17) is 11.6 Å². The lowest BCUT2D eigenvalue weighted by atomic mass is 9.89. The SMILES string of the molecule is CN(CC1CCCCC1)S(=O)(=O)c1cc(Cl)c(Br)s1. The van der Waals surface area contributed by atoms with Crippen molar-refractivity contribution in [2.45, 2.75) is 36.3 Å². The van der Waals surface area contributed by atoms with Crippen LogP contribution in [0.15, 0.2) is 14.1 Å². The van der Waals surface area contributed by atoms with Crippen LogP contribution in [0.4, 0.5) is 0 Å². The van der Waals surface area contributed by atoms with Crippen LogP contribution in [-0.4, -0.2) is 26.3 Å². The van der Waals surface area contributed by atoms with Crippen LogP contribution in [-0.2, 0) is 10.0 Å². The predicted molar refractivity (Wildman–Crippen MR) is 83.4 cm³/mol. The highest BCUT2D eigenvalue weighted by molar-refractivity contribution is 9.11. The zero-order valence-electron chi connectivity index (χ0n) is 10.7. The van der Waals surface area contributed by atoms with Crippen molar-refractivity contribution in [3.05, 3.63) is 14.9 Å². The van der Waals surface area contributed by atoms with E-state index in [0.717, 1.165) is 12.8 Å². The van der Waals surface area contributed by atoms with Gasteiger partial charge in [-0.25, -0.2) is 8.42 Å². The van der Waals surface area contributed by atoms with Crippen LogP contribution in [0.25, 0.3) is 0 Å². The molecule has 0 radical (unpaired) electrons. The second kappa shape index (κ2) is 6.43. The minimum absolute atomic E-state index is 0.308. The molecule has 1 aliphatic carbocycles. The van der Waals surface area contributed by atoms with Crippen molar-refractivity contribution in [1.29, 1.82) is 0 Å². The van der Waals surface area contributed by atoms with Gasteiger partial charge in [0.15, 0.2) is 0 Å². The van der Waals surface area contributed by atoms with Crippen molar-refractivity contribution in [2.75, 3.05) is 13.6 Å². The first-order chi connectivity index (χ1) is 8.91. The molecule has 7 heteroatoms. The molecule has 3 nitrogen and oxygen atoms in total. The Morgan fingerprint density at radius 3 is 2.58 bits per heavy atom. The highest BCUT2D eigenvalue weighted by Crippen LogP contribution is 2.36. The van der Waals surface area contributed by atoms with Crippen LogP contribution in [0.1, 0.15) is 32.1 Å². The van der Waals surface area contributed by atoms with Crippen molar-refractivity contribution < 1.29 is 8.42 Å². The number of rotatable bonds is 4. The van der Waals surface area contributed by atoms with Crippen LogP contribution in [0.3, 0.4) is 0 Å². The van der Waals surface area contributed by atoms with Crippen LogP contribution >= 0.6 is 38.9 Å². The molecular formula is C12H17BrClNO2S2. The normalized spacial score (nSPS) is 18.1. The Balaban J connectivity index is 2.10. The maximum absolute atomic E-state index is 12.4. The first kappa shape index (κ1) is 15.8. The van der Waals surface area contributed by atoms with Gasteiger partial charge >= 0.3 is 0 Å². The quantitative estimate of drug-likeness (QED) is 0.770. The lowest BCUT2D eigenvalue weighted by molar-refractivity contribution is 0.300. The minimum atomic E-state index is -3.40. The van der Waals surface area contributed by atoms with Crippen LogP contribution in [0, 0.1) is 5.92 Å². The van der Waals surface area contributed by atoms with Gasteiger partial charge in [0.1, 0.15) is 4.21 Å². The lowest BCUT2D eigenvalue weighted by Gasteiger charge is -2.26. The molecule has 0 aromatic carbocycles. The summed E-state index contributed by atoms with van der Waals surface area (Å²) in [5, 5.41) is 0.453. The third-order valence-corrected chi connectivity index (χ3v) is 8.27. The fourth-order valence-electron chi connectivity index (χ4n) is 2.44. The second-order valence-electron chi connectivity index (χ2n) is 4.98. The molecule has 1 saturated carbocycles. The number of halogens is 2. The minimum Gasteiger partial charge on any atom is -0.206 e. The molecule has 1 heterocycles. The summed E-state index contributed by atoms with van der Waals surface area (Å²) in [4.78, 5) is 0. The Kier molecular flexibility index (Phi) is 5.34. The summed E-state index contributed by atoms with van der Waals surface area (Å²) in [6.45, 7) is 0.607. The van der Waals surface area contributed by atoms with E-state index in [1.807, 2.05) is 0 Å². The van der Waals surface area contributed by atoms with Gasteiger partial charge in [0.2, 0.25) is 0 Å². The largest absolute Gasteiger partial charge is 0.252 e. The number of thiophene rings is 1. The van der Waals surface area contributed by atoms with E-state index < -0.39 is 10.0 Å². The fraction of sp³-hybridized carbons (Fsp3) is 0.667. The monoisotopic (exact) mass is 385 g/mol. The summed E-state index contributed by atoms with van der Waals surface area (Å²) in [6.07, 6.45) is 5.98. The molecule has 0 atom stereocenters. The molecule has 108 valence electrons. The van der Waals surface area contributed by atoms with Gasteiger partial charge in [-0.1, -0.05) is 30.9 Å². The van der Waals surface area contributed by atoms with Gasteiger partial charge in [0.25, 0.3) is 10.0 Å². The highest BCUT2D eigenvalue weighted by Gasteiger charge is 2.27. The average molecular weight is 387 g/mol. The summed E-state index contributed by atoms with van der Waals surface area (Å²) < 4.78 is 27.3. The molecule has 0 saturated heterocycles. The molecule has 0 unspecified atom stereocenters. The van der Waals surface area contributed by atoms with Crippen molar-refractivity contribution in [3.63, 3.8) is 0 Å². The van der Waals surface area contributed by atoms with Gasteiger partial charge < -0.3 is 0 Å². The van der Waals surface area contributed by atoms with Gasteiger partial charge in [0, 0.05) is 13.6 Å². The molecule has 2 rings (SSSR count). The smallest absolute Gasteiger partial charge is 0.206 e. The molecule has 0 amide bonds. The van der Waals surface area contributed by atoms with Crippen LogP contribution in [0.2, 0.25) is 5.02 Å². The maximum atomic E-state index is 12.4. The Bertz CT molecular complexity index is 518. The summed E-state index contributed by atoms with van der Waals surface area (Å²) in [7, 11) is -1.74. The summed E-state index contributed by atoms with van der Waals surface area (Å²) >= 11 is 10.3. The number of hydrogen-bond acceptors (Lipinski definition) is 3. The Morgan fingerprint density at radius 1 is 1.42 bits per heavy atom. The fourth-order valence-corrected chi connectivity index (χ4v) is 6.30. The molecule has 1 aromatic heterocycles. The number of sulfonamides is 1. The molecule has 0 N–H and O–H groups in total. The van der Waals surface area contributed by atoms with E-state index in [2.05, 4.69) is 15.9 Å². The zero-order chi connectivity index (χ0) is 14.0. The molecular weight excluding hydrogens is 370 g/mol. The first-order valence-corrected chi connectivity index (χ1v) is 9.75. The van der Waals surface area contributed by atoms with Crippen molar-refractivity contribution in [2.24, 2.45) is 5.92 Å². The third kappa shape index (κ3) is 3.73. The molecule has 0 aliphatic heterocycles. The van der Waals surface area contributed by atoms with E-state index in [9.17, 15) is 8.42 Å². The zero-order valence-corrected chi connectivity index (χ0v) is 14.7. The third-order valence-electron chi connectivity index (χ3n) is 3.53. The Labute approximate surface area is 132 Å². The van der Waals surface area contributed by atoms with E-state index >= 15 is 0 Å². The summed E-state index contributed by atoms with van der Waals surface area (Å²) in [6, 6.07) is 1.52. The predicted octanol–water partition coefficient (Wildman–Crippen LogP) is 4.36. The van der Waals surface area contributed by atoms with E-state index in [1.165, 1.54) is 41.0 Å². The molecule has 1 aromatic rings.